The molecule has 3 nitrogen and oxygen atoms in total. The number of ether oxygens (including phenoxy) is 1. The van der Waals surface area contributed by atoms with Gasteiger partial charge in [-0.2, -0.15) is 0 Å². The molecule has 0 saturated heterocycles. The van der Waals surface area contributed by atoms with Gasteiger partial charge in [-0.25, -0.2) is 0 Å². The van der Waals surface area contributed by atoms with E-state index in [1.165, 1.54) is 0 Å². The zero-order valence-electron chi connectivity index (χ0n) is 8.36. The first-order valence-electron chi connectivity index (χ1n) is 4.18. The molecule has 0 aromatic heterocycles. The van der Waals surface area contributed by atoms with Crippen LogP contribution in [-0.4, -0.2) is 17.3 Å². The molecule has 0 aliphatic carbocycles. The summed E-state index contributed by atoms with van der Waals surface area (Å²) in [5.74, 6) is 0.658. The van der Waals surface area contributed by atoms with Gasteiger partial charge >= 0.3 is 0 Å². The predicted molar refractivity (Wildman–Crippen MR) is 56.1 cm³/mol. The van der Waals surface area contributed by atoms with Crippen molar-refractivity contribution in [2.24, 2.45) is 0 Å². The lowest BCUT2D eigenvalue weighted by atomic mass is 10.1. The van der Waals surface area contributed by atoms with Crippen LogP contribution in [0, 0.1) is 0 Å². The van der Waals surface area contributed by atoms with Gasteiger partial charge in [0.15, 0.2) is 0 Å². The Morgan fingerprint density at radius 3 is 1.79 bits per heavy atom. The molecule has 0 atom stereocenters. The maximum atomic E-state index is 8.84. The van der Waals surface area contributed by atoms with Crippen LogP contribution >= 0.6 is 0 Å². The summed E-state index contributed by atoms with van der Waals surface area (Å²) in [4.78, 5) is 0. The van der Waals surface area contributed by atoms with E-state index in [0.717, 1.165) is 11.1 Å². The zero-order chi connectivity index (χ0) is 11.0. The first-order valence-corrected chi connectivity index (χ1v) is 4.18. The summed E-state index contributed by atoms with van der Waals surface area (Å²) in [6.45, 7) is 5.93. The van der Waals surface area contributed by atoms with Crippen LogP contribution in [0.1, 0.15) is 11.1 Å². The molecular formula is C11H16O3. The second-order valence-corrected chi connectivity index (χ2v) is 2.51. The minimum Gasteiger partial charge on any atom is -0.497 e. The molecular weight excluding hydrogens is 180 g/mol. The van der Waals surface area contributed by atoms with Crippen LogP contribution in [0.5, 0.6) is 5.75 Å². The fraction of sp³-hybridized carbons (Fsp3) is 0.273. The van der Waals surface area contributed by atoms with Crippen molar-refractivity contribution in [3.8, 4) is 5.75 Å². The van der Waals surface area contributed by atoms with Crippen molar-refractivity contribution in [2.45, 2.75) is 13.2 Å². The van der Waals surface area contributed by atoms with Gasteiger partial charge in [0, 0.05) is 0 Å². The highest BCUT2D eigenvalue weighted by molar-refractivity contribution is 5.33. The van der Waals surface area contributed by atoms with Crippen LogP contribution in [0.15, 0.2) is 31.4 Å². The van der Waals surface area contributed by atoms with Gasteiger partial charge in [-0.3, -0.25) is 0 Å². The minimum atomic E-state index is -0.0375. The molecule has 14 heavy (non-hydrogen) atoms. The van der Waals surface area contributed by atoms with Crippen molar-refractivity contribution in [1.82, 2.24) is 0 Å². The highest BCUT2D eigenvalue weighted by Gasteiger charge is 1.98. The Morgan fingerprint density at radius 2 is 1.50 bits per heavy atom. The number of rotatable bonds is 3. The normalized spacial score (nSPS) is 8.79. The Labute approximate surface area is 84.3 Å². The van der Waals surface area contributed by atoms with Gasteiger partial charge in [0.05, 0.1) is 20.3 Å². The highest BCUT2D eigenvalue weighted by Crippen LogP contribution is 2.16. The SMILES string of the molecule is C=C.COc1cc(CO)cc(CO)c1. The molecule has 0 aliphatic heterocycles. The molecule has 1 aromatic rings. The van der Waals surface area contributed by atoms with Crippen molar-refractivity contribution in [3.63, 3.8) is 0 Å². The Bertz CT molecular complexity index is 216. The highest BCUT2D eigenvalue weighted by atomic mass is 16.5. The number of benzene rings is 1. The van der Waals surface area contributed by atoms with Gasteiger partial charge in [-0.1, -0.05) is 6.07 Å². The molecule has 0 fully saturated rings. The molecule has 0 bridgehead atoms. The van der Waals surface area contributed by atoms with Gasteiger partial charge in [0.2, 0.25) is 0 Å². The number of hydrogen-bond acceptors (Lipinski definition) is 3. The number of aliphatic hydroxyl groups is 2. The second-order valence-electron chi connectivity index (χ2n) is 2.51. The van der Waals surface area contributed by atoms with Crippen molar-refractivity contribution < 1.29 is 14.9 Å². The van der Waals surface area contributed by atoms with Crippen molar-refractivity contribution in [1.29, 1.82) is 0 Å². The van der Waals surface area contributed by atoms with E-state index in [1.807, 2.05) is 0 Å². The summed E-state index contributed by atoms with van der Waals surface area (Å²) in [5.41, 5.74) is 1.50. The monoisotopic (exact) mass is 196 g/mol. The lowest BCUT2D eigenvalue weighted by Crippen LogP contribution is -1.91. The van der Waals surface area contributed by atoms with E-state index in [1.54, 1.807) is 25.3 Å². The first-order chi connectivity index (χ1) is 6.80. The van der Waals surface area contributed by atoms with E-state index in [-0.39, 0.29) is 13.2 Å². The summed E-state index contributed by atoms with van der Waals surface area (Å²) in [5, 5.41) is 17.7. The summed E-state index contributed by atoms with van der Waals surface area (Å²) in [6, 6.07) is 5.21. The Kier molecular flexibility index (Phi) is 6.45. The molecule has 0 heterocycles. The molecule has 0 spiro atoms. The lowest BCUT2D eigenvalue weighted by molar-refractivity contribution is 0.274. The van der Waals surface area contributed by atoms with Crippen LogP contribution in [0.3, 0.4) is 0 Å². The number of hydrogen-bond donors (Lipinski definition) is 2. The smallest absolute Gasteiger partial charge is 0.119 e. The van der Waals surface area contributed by atoms with E-state index in [0.29, 0.717) is 5.75 Å². The molecule has 0 aliphatic rings. The summed E-state index contributed by atoms with van der Waals surface area (Å²) in [6.07, 6.45) is 0. The predicted octanol–water partition coefficient (Wildman–Crippen LogP) is 1.48. The molecule has 1 rings (SSSR count). The fourth-order valence-corrected chi connectivity index (χ4v) is 1.03. The van der Waals surface area contributed by atoms with Gasteiger partial charge in [-0.15, -0.1) is 13.2 Å². The van der Waals surface area contributed by atoms with E-state index < -0.39 is 0 Å². The average Bonchev–Trinajstić information content (AvgIpc) is 2.30. The molecule has 0 radical (unpaired) electrons. The van der Waals surface area contributed by atoms with E-state index in [9.17, 15) is 0 Å². The topological polar surface area (TPSA) is 49.7 Å². The molecule has 0 unspecified atom stereocenters. The molecule has 2 N–H and O–H groups in total. The Hall–Kier alpha value is -1.32. The summed E-state index contributed by atoms with van der Waals surface area (Å²) < 4.78 is 4.98. The van der Waals surface area contributed by atoms with Gasteiger partial charge in [-0.05, 0) is 23.3 Å². The molecule has 0 amide bonds. The average molecular weight is 196 g/mol. The fourth-order valence-electron chi connectivity index (χ4n) is 1.03. The maximum Gasteiger partial charge on any atom is 0.119 e. The lowest BCUT2D eigenvalue weighted by Gasteiger charge is -2.05. The van der Waals surface area contributed by atoms with Crippen LogP contribution in [0.4, 0.5) is 0 Å². The van der Waals surface area contributed by atoms with Gasteiger partial charge in [0.1, 0.15) is 5.75 Å². The molecule has 78 valence electrons. The van der Waals surface area contributed by atoms with E-state index >= 15 is 0 Å². The Balaban J connectivity index is 0.000000791. The van der Waals surface area contributed by atoms with Crippen molar-refractivity contribution >= 4 is 0 Å². The molecule has 0 saturated carbocycles. The summed E-state index contributed by atoms with van der Waals surface area (Å²) in [7, 11) is 1.55. The third-order valence-electron chi connectivity index (χ3n) is 1.63. The number of methoxy groups -OCH3 is 1. The Morgan fingerprint density at radius 1 is 1.07 bits per heavy atom. The van der Waals surface area contributed by atoms with Crippen LogP contribution < -0.4 is 4.74 Å². The minimum absolute atomic E-state index is 0.0375. The van der Waals surface area contributed by atoms with Crippen molar-refractivity contribution in [3.05, 3.63) is 42.5 Å². The van der Waals surface area contributed by atoms with E-state index in [4.69, 9.17) is 14.9 Å². The number of aliphatic hydroxyl groups excluding tert-OH is 2. The maximum absolute atomic E-state index is 8.84. The quantitative estimate of drug-likeness (QED) is 0.720. The van der Waals surface area contributed by atoms with Crippen molar-refractivity contribution in [2.75, 3.05) is 7.11 Å². The standard InChI is InChI=1S/C9H12O3.C2H4/c1-12-9-3-7(5-10)2-8(4-9)6-11;1-2/h2-4,10-11H,5-6H2,1H3;1-2H2. The summed E-state index contributed by atoms with van der Waals surface area (Å²) >= 11 is 0. The first kappa shape index (κ1) is 12.7. The van der Waals surface area contributed by atoms with Gasteiger partial charge in [0.25, 0.3) is 0 Å². The van der Waals surface area contributed by atoms with Crippen LogP contribution in [0.2, 0.25) is 0 Å². The largest absolute Gasteiger partial charge is 0.497 e. The molecule has 3 heteroatoms. The van der Waals surface area contributed by atoms with Crippen LogP contribution in [0.25, 0.3) is 0 Å². The van der Waals surface area contributed by atoms with Crippen LogP contribution in [-0.2, 0) is 13.2 Å². The van der Waals surface area contributed by atoms with E-state index in [2.05, 4.69) is 13.2 Å². The zero-order valence-corrected chi connectivity index (χ0v) is 8.36. The third-order valence-corrected chi connectivity index (χ3v) is 1.63. The molecule has 1 aromatic carbocycles. The second kappa shape index (κ2) is 7.12. The van der Waals surface area contributed by atoms with Gasteiger partial charge < -0.3 is 14.9 Å². The third kappa shape index (κ3) is 3.60.